The molecule has 0 radical (unpaired) electrons. The van der Waals surface area contributed by atoms with E-state index in [0.29, 0.717) is 30.0 Å². The lowest BCUT2D eigenvalue weighted by Crippen LogP contribution is -2.19. The molecule has 1 heterocycles. The summed E-state index contributed by atoms with van der Waals surface area (Å²) in [5.41, 5.74) is 3.51. The lowest BCUT2D eigenvalue weighted by Gasteiger charge is -2.13. The van der Waals surface area contributed by atoms with Crippen molar-refractivity contribution in [3.05, 3.63) is 41.2 Å². The Morgan fingerprint density at radius 2 is 1.84 bits per heavy atom. The Morgan fingerprint density at radius 3 is 2.52 bits per heavy atom. The van der Waals surface area contributed by atoms with Crippen LogP contribution < -0.4 is 10.6 Å². The molecule has 6 heteroatoms. The van der Waals surface area contributed by atoms with Gasteiger partial charge < -0.3 is 10.6 Å². The van der Waals surface area contributed by atoms with Crippen molar-refractivity contribution in [1.29, 1.82) is 0 Å². The van der Waals surface area contributed by atoms with E-state index in [1.807, 2.05) is 45.9 Å². The van der Waals surface area contributed by atoms with Gasteiger partial charge in [-0.25, -0.2) is 0 Å². The number of aryl methyl sites for hydroxylation is 3. The van der Waals surface area contributed by atoms with Gasteiger partial charge in [-0.2, -0.15) is 5.10 Å². The minimum absolute atomic E-state index is 0.0457. The number of aromatic nitrogens is 2. The average Bonchev–Trinajstić information content (AvgIpc) is 2.96. The Bertz CT molecular complexity index is 765. The van der Waals surface area contributed by atoms with Crippen LogP contribution in [0.2, 0.25) is 0 Å². The van der Waals surface area contributed by atoms with E-state index in [2.05, 4.69) is 15.7 Å². The number of hydrogen-bond donors (Lipinski definition) is 2. The Labute approximate surface area is 148 Å². The quantitative estimate of drug-likeness (QED) is 0.801. The molecule has 2 aromatic rings. The number of unbranched alkanes of at least 4 members (excludes halogenated alkanes) is 1. The summed E-state index contributed by atoms with van der Waals surface area (Å²) in [4.78, 5) is 24.7. The largest absolute Gasteiger partial charge is 0.324 e. The van der Waals surface area contributed by atoms with Crippen LogP contribution in [0.4, 0.5) is 11.4 Å². The van der Waals surface area contributed by atoms with Crippen LogP contribution in [-0.2, 0) is 11.3 Å². The van der Waals surface area contributed by atoms with Crippen molar-refractivity contribution >= 4 is 23.2 Å². The first kappa shape index (κ1) is 18.7. The van der Waals surface area contributed by atoms with Crippen LogP contribution in [0.15, 0.2) is 24.3 Å². The molecule has 2 amide bonds. The molecule has 6 nitrogen and oxygen atoms in total. The van der Waals surface area contributed by atoms with Crippen LogP contribution in [0.3, 0.4) is 0 Å². The van der Waals surface area contributed by atoms with Crippen molar-refractivity contribution in [1.82, 2.24) is 9.78 Å². The number of benzene rings is 1. The molecule has 25 heavy (non-hydrogen) atoms. The fraction of sp³-hybridized carbons (Fsp3) is 0.421. The number of amides is 2. The third-order valence-electron chi connectivity index (χ3n) is 3.89. The highest BCUT2D eigenvalue weighted by molar-refractivity contribution is 6.06. The van der Waals surface area contributed by atoms with Crippen LogP contribution in [0.5, 0.6) is 0 Å². The molecule has 0 saturated heterocycles. The molecule has 0 spiro atoms. The van der Waals surface area contributed by atoms with E-state index in [4.69, 9.17) is 0 Å². The second kappa shape index (κ2) is 8.46. The highest BCUT2D eigenvalue weighted by atomic mass is 16.2. The van der Waals surface area contributed by atoms with Gasteiger partial charge in [-0.1, -0.05) is 19.4 Å². The third-order valence-corrected chi connectivity index (χ3v) is 3.89. The molecule has 0 bridgehead atoms. The zero-order valence-corrected chi connectivity index (χ0v) is 15.3. The molecule has 0 aliphatic carbocycles. The third kappa shape index (κ3) is 4.92. The first-order valence-electron chi connectivity index (χ1n) is 8.70. The van der Waals surface area contributed by atoms with Gasteiger partial charge in [-0.05, 0) is 51.0 Å². The molecule has 1 aromatic heterocycles. The van der Waals surface area contributed by atoms with Gasteiger partial charge in [-0.3, -0.25) is 14.3 Å². The molecule has 2 rings (SSSR count). The fourth-order valence-corrected chi connectivity index (χ4v) is 2.58. The predicted octanol–water partition coefficient (Wildman–Crippen LogP) is 3.90. The SMILES string of the molecule is CCCCC(=O)Nc1ccc(C)cc1NC(=O)c1cc(C)nn1CC. The summed E-state index contributed by atoms with van der Waals surface area (Å²) in [5, 5.41) is 10.1. The van der Waals surface area contributed by atoms with Crippen LogP contribution in [-0.4, -0.2) is 21.6 Å². The van der Waals surface area contributed by atoms with Crippen molar-refractivity contribution in [2.75, 3.05) is 10.6 Å². The Morgan fingerprint density at radius 1 is 1.08 bits per heavy atom. The summed E-state index contributed by atoms with van der Waals surface area (Å²) in [7, 11) is 0. The molecule has 0 aliphatic heterocycles. The van der Waals surface area contributed by atoms with E-state index in [9.17, 15) is 9.59 Å². The molecule has 0 unspecified atom stereocenters. The zero-order chi connectivity index (χ0) is 18.4. The standard InChI is InChI=1S/C19H26N4O2/c1-5-7-8-18(24)20-15-10-9-13(3)11-16(15)21-19(25)17-12-14(4)22-23(17)6-2/h9-12H,5-8H2,1-4H3,(H,20,24)(H,21,25). The lowest BCUT2D eigenvalue weighted by molar-refractivity contribution is -0.116. The van der Waals surface area contributed by atoms with Gasteiger partial charge in [0.2, 0.25) is 5.91 Å². The minimum Gasteiger partial charge on any atom is -0.324 e. The van der Waals surface area contributed by atoms with E-state index < -0.39 is 0 Å². The van der Waals surface area contributed by atoms with Gasteiger partial charge in [0.25, 0.3) is 5.91 Å². The summed E-state index contributed by atoms with van der Waals surface area (Å²) < 4.78 is 1.67. The van der Waals surface area contributed by atoms with Crippen molar-refractivity contribution < 1.29 is 9.59 Å². The number of carbonyl (C=O) groups is 2. The van der Waals surface area contributed by atoms with Gasteiger partial charge in [0.05, 0.1) is 17.1 Å². The maximum atomic E-state index is 12.6. The number of carbonyl (C=O) groups excluding carboxylic acids is 2. The van der Waals surface area contributed by atoms with Gasteiger partial charge in [0.1, 0.15) is 5.69 Å². The number of hydrogen-bond acceptors (Lipinski definition) is 3. The van der Waals surface area contributed by atoms with Crippen molar-refractivity contribution in [3.63, 3.8) is 0 Å². The van der Waals surface area contributed by atoms with Gasteiger partial charge >= 0.3 is 0 Å². The van der Waals surface area contributed by atoms with E-state index >= 15 is 0 Å². The smallest absolute Gasteiger partial charge is 0.273 e. The van der Waals surface area contributed by atoms with Crippen molar-refractivity contribution in [3.8, 4) is 0 Å². The molecule has 0 saturated carbocycles. The first-order chi connectivity index (χ1) is 11.9. The summed E-state index contributed by atoms with van der Waals surface area (Å²) >= 11 is 0. The van der Waals surface area contributed by atoms with Gasteiger partial charge in [0.15, 0.2) is 0 Å². The summed E-state index contributed by atoms with van der Waals surface area (Å²) in [6.07, 6.45) is 2.28. The molecule has 134 valence electrons. The highest BCUT2D eigenvalue weighted by Gasteiger charge is 2.16. The maximum absolute atomic E-state index is 12.6. The number of anilines is 2. The summed E-state index contributed by atoms with van der Waals surface area (Å²) in [6.45, 7) is 8.40. The monoisotopic (exact) mass is 342 g/mol. The van der Waals surface area contributed by atoms with Gasteiger partial charge in [-0.15, -0.1) is 0 Å². The summed E-state index contributed by atoms with van der Waals surface area (Å²) in [5.74, 6) is -0.284. The number of nitrogens with one attached hydrogen (secondary N) is 2. The van der Waals surface area contributed by atoms with Crippen LogP contribution in [0, 0.1) is 13.8 Å². The van der Waals surface area contributed by atoms with Crippen LogP contribution >= 0.6 is 0 Å². The van der Waals surface area contributed by atoms with E-state index in [1.54, 1.807) is 10.7 Å². The van der Waals surface area contributed by atoms with E-state index in [-0.39, 0.29) is 11.8 Å². The normalized spacial score (nSPS) is 10.6. The van der Waals surface area contributed by atoms with Gasteiger partial charge in [0, 0.05) is 13.0 Å². The first-order valence-corrected chi connectivity index (χ1v) is 8.70. The number of nitrogens with zero attached hydrogens (tertiary/aromatic N) is 2. The molecule has 0 atom stereocenters. The van der Waals surface area contributed by atoms with E-state index in [1.165, 1.54) is 0 Å². The molecule has 0 aliphatic rings. The zero-order valence-electron chi connectivity index (χ0n) is 15.3. The predicted molar refractivity (Wildman–Crippen MR) is 99.9 cm³/mol. The maximum Gasteiger partial charge on any atom is 0.273 e. The van der Waals surface area contributed by atoms with Crippen LogP contribution in [0.25, 0.3) is 0 Å². The van der Waals surface area contributed by atoms with Crippen LogP contribution in [0.1, 0.15) is 54.9 Å². The van der Waals surface area contributed by atoms with Crippen molar-refractivity contribution in [2.45, 2.75) is 53.5 Å². The molecular formula is C19H26N4O2. The minimum atomic E-state index is -0.239. The Kier molecular flexibility index (Phi) is 6.33. The molecule has 0 fully saturated rings. The molecular weight excluding hydrogens is 316 g/mol. The Balaban J connectivity index is 2.21. The fourth-order valence-electron chi connectivity index (χ4n) is 2.58. The second-order valence-corrected chi connectivity index (χ2v) is 6.14. The molecule has 2 N–H and O–H groups in total. The lowest BCUT2D eigenvalue weighted by atomic mass is 10.1. The number of rotatable bonds is 7. The average molecular weight is 342 g/mol. The molecule has 1 aromatic carbocycles. The topological polar surface area (TPSA) is 76.0 Å². The van der Waals surface area contributed by atoms with Crippen molar-refractivity contribution in [2.24, 2.45) is 0 Å². The second-order valence-electron chi connectivity index (χ2n) is 6.14. The highest BCUT2D eigenvalue weighted by Crippen LogP contribution is 2.24. The van der Waals surface area contributed by atoms with E-state index in [0.717, 1.165) is 24.1 Å². The Hall–Kier alpha value is -2.63. The summed E-state index contributed by atoms with van der Waals surface area (Å²) in [6, 6.07) is 7.34.